The van der Waals surface area contributed by atoms with E-state index in [0.717, 1.165) is 26.0 Å². The van der Waals surface area contributed by atoms with Crippen LogP contribution in [0.5, 0.6) is 0 Å². The number of ether oxygens (including phenoxy) is 1. The second-order valence-corrected chi connectivity index (χ2v) is 5.77. The lowest BCUT2D eigenvalue weighted by Gasteiger charge is -2.48. The van der Waals surface area contributed by atoms with Gasteiger partial charge in [0, 0.05) is 19.2 Å². The quantitative estimate of drug-likeness (QED) is 0.768. The molecule has 1 spiro atoms. The van der Waals surface area contributed by atoms with Crippen molar-refractivity contribution in [3.05, 3.63) is 0 Å². The molecule has 3 heteroatoms. The van der Waals surface area contributed by atoms with Crippen LogP contribution in [0.15, 0.2) is 0 Å². The highest BCUT2D eigenvalue weighted by Crippen LogP contribution is 2.44. The first-order valence-electron chi connectivity index (χ1n) is 6.67. The summed E-state index contributed by atoms with van der Waals surface area (Å²) in [6, 6.07) is 0.451. The van der Waals surface area contributed by atoms with Crippen molar-refractivity contribution in [3.63, 3.8) is 0 Å². The van der Waals surface area contributed by atoms with Gasteiger partial charge in [-0.25, -0.2) is 0 Å². The molecule has 1 aliphatic heterocycles. The summed E-state index contributed by atoms with van der Waals surface area (Å²) in [6.45, 7) is 5.79. The summed E-state index contributed by atoms with van der Waals surface area (Å²) in [6.07, 6.45) is 5.58. The number of rotatable bonds is 4. The molecule has 1 aliphatic carbocycles. The van der Waals surface area contributed by atoms with Crippen LogP contribution in [0.1, 0.15) is 46.0 Å². The zero-order valence-electron chi connectivity index (χ0n) is 10.5. The van der Waals surface area contributed by atoms with Gasteiger partial charge in [0.15, 0.2) is 0 Å². The van der Waals surface area contributed by atoms with E-state index in [0.29, 0.717) is 12.0 Å². The van der Waals surface area contributed by atoms with E-state index in [4.69, 9.17) is 4.74 Å². The summed E-state index contributed by atoms with van der Waals surface area (Å²) in [4.78, 5) is 0. The Hall–Kier alpha value is -0.120. The van der Waals surface area contributed by atoms with E-state index in [1.165, 1.54) is 19.3 Å². The maximum atomic E-state index is 10.2. The van der Waals surface area contributed by atoms with Crippen molar-refractivity contribution in [1.29, 1.82) is 0 Å². The molecule has 0 bridgehead atoms. The van der Waals surface area contributed by atoms with E-state index in [-0.39, 0.29) is 11.7 Å². The summed E-state index contributed by atoms with van der Waals surface area (Å²) in [5.41, 5.74) is 0.154. The Balaban J connectivity index is 1.79. The molecule has 1 saturated carbocycles. The fourth-order valence-corrected chi connectivity index (χ4v) is 2.84. The summed E-state index contributed by atoms with van der Waals surface area (Å²) in [5.74, 6) is 0.431. The smallest absolute Gasteiger partial charge is 0.0694 e. The molecule has 2 rings (SSSR count). The number of hydrogen-bond acceptors (Lipinski definition) is 3. The van der Waals surface area contributed by atoms with Gasteiger partial charge < -0.3 is 15.2 Å². The fraction of sp³-hybridized carbons (Fsp3) is 1.00. The predicted molar refractivity (Wildman–Crippen MR) is 64.4 cm³/mol. The van der Waals surface area contributed by atoms with Gasteiger partial charge in [0.05, 0.1) is 11.7 Å². The normalized spacial score (nSPS) is 30.4. The summed E-state index contributed by atoms with van der Waals surface area (Å²) >= 11 is 0. The first-order valence-corrected chi connectivity index (χ1v) is 6.67. The summed E-state index contributed by atoms with van der Waals surface area (Å²) in [5, 5.41) is 13.5. The summed E-state index contributed by atoms with van der Waals surface area (Å²) < 4.78 is 5.88. The van der Waals surface area contributed by atoms with Crippen molar-refractivity contribution in [3.8, 4) is 0 Å². The Labute approximate surface area is 98.6 Å². The van der Waals surface area contributed by atoms with Crippen LogP contribution in [0.2, 0.25) is 0 Å². The molecule has 94 valence electrons. The SMILES string of the molecule is CC(C)NCC(O)C1CCOC2(CCC2)C1. The van der Waals surface area contributed by atoms with Crippen LogP contribution < -0.4 is 5.32 Å². The second kappa shape index (κ2) is 5.03. The third kappa shape index (κ3) is 2.76. The van der Waals surface area contributed by atoms with Gasteiger partial charge in [-0.1, -0.05) is 13.8 Å². The maximum absolute atomic E-state index is 10.2. The van der Waals surface area contributed by atoms with Gasteiger partial charge in [0.25, 0.3) is 0 Å². The third-order valence-electron chi connectivity index (χ3n) is 4.08. The van der Waals surface area contributed by atoms with E-state index >= 15 is 0 Å². The molecule has 16 heavy (non-hydrogen) atoms. The lowest BCUT2D eigenvalue weighted by molar-refractivity contribution is -0.156. The van der Waals surface area contributed by atoms with Crippen molar-refractivity contribution >= 4 is 0 Å². The van der Waals surface area contributed by atoms with Gasteiger partial charge in [-0.05, 0) is 38.0 Å². The molecule has 0 aromatic carbocycles. The maximum Gasteiger partial charge on any atom is 0.0694 e. The summed E-state index contributed by atoms with van der Waals surface area (Å²) in [7, 11) is 0. The van der Waals surface area contributed by atoms with Crippen LogP contribution in [-0.4, -0.2) is 36.0 Å². The van der Waals surface area contributed by atoms with E-state index < -0.39 is 0 Å². The molecule has 2 aliphatic rings. The lowest BCUT2D eigenvalue weighted by Crippen LogP contribution is -2.49. The minimum atomic E-state index is -0.205. The molecule has 2 unspecified atom stereocenters. The molecule has 3 nitrogen and oxygen atoms in total. The third-order valence-corrected chi connectivity index (χ3v) is 4.08. The molecule has 2 atom stereocenters. The Bertz CT molecular complexity index is 226. The van der Waals surface area contributed by atoms with Crippen molar-refractivity contribution in [2.24, 2.45) is 5.92 Å². The van der Waals surface area contributed by atoms with E-state index in [1.54, 1.807) is 0 Å². The first kappa shape index (κ1) is 12.3. The number of hydrogen-bond donors (Lipinski definition) is 2. The average Bonchev–Trinajstić information content (AvgIpc) is 2.24. The van der Waals surface area contributed by atoms with Crippen LogP contribution in [0, 0.1) is 5.92 Å². The lowest BCUT2D eigenvalue weighted by atomic mass is 9.71. The first-order chi connectivity index (χ1) is 7.61. The molecule has 1 saturated heterocycles. The van der Waals surface area contributed by atoms with Gasteiger partial charge in [0.1, 0.15) is 0 Å². The molecule has 0 aromatic rings. The molecule has 0 aromatic heterocycles. The van der Waals surface area contributed by atoms with E-state index in [2.05, 4.69) is 19.2 Å². The molecule has 0 amide bonds. The monoisotopic (exact) mass is 227 g/mol. The zero-order chi connectivity index (χ0) is 11.6. The van der Waals surface area contributed by atoms with Crippen molar-refractivity contribution < 1.29 is 9.84 Å². The largest absolute Gasteiger partial charge is 0.392 e. The Morgan fingerprint density at radius 2 is 2.19 bits per heavy atom. The van der Waals surface area contributed by atoms with Gasteiger partial charge in [-0.2, -0.15) is 0 Å². The highest BCUT2D eigenvalue weighted by Gasteiger charge is 2.43. The number of aliphatic hydroxyl groups is 1. The zero-order valence-corrected chi connectivity index (χ0v) is 10.5. The molecular formula is C13H25NO2. The van der Waals surface area contributed by atoms with E-state index in [9.17, 15) is 5.11 Å². The minimum Gasteiger partial charge on any atom is -0.392 e. The Morgan fingerprint density at radius 1 is 1.44 bits per heavy atom. The molecule has 0 radical (unpaired) electrons. The standard InChI is InChI=1S/C13H25NO2/c1-10(2)14-9-12(15)11-4-7-16-13(8-11)5-3-6-13/h10-12,14-15H,3-9H2,1-2H3. The fourth-order valence-electron chi connectivity index (χ4n) is 2.84. The van der Waals surface area contributed by atoms with E-state index in [1.807, 2.05) is 0 Å². The average molecular weight is 227 g/mol. The van der Waals surface area contributed by atoms with Gasteiger partial charge in [0.2, 0.25) is 0 Å². The number of aliphatic hydroxyl groups excluding tert-OH is 1. The van der Waals surface area contributed by atoms with Crippen LogP contribution in [0.4, 0.5) is 0 Å². The number of nitrogens with one attached hydrogen (secondary N) is 1. The van der Waals surface area contributed by atoms with Gasteiger partial charge >= 0.3 is 0 Å². The van der Waals surface area contributed by atoms with Crippen molar-refractivity contribution in [2.75, 3.05) is 13.2 Å². The highest BCUT2D eigenvalue weighted by molar-refractivity contribution is 4.95. The molecule has 1 heterocycles. The predicted octanol–water partition coefficient (Wildman–Crippen LogP) is 1.69. The highest BCUT2D eigenvalue weighted by atomic mass is 16.5. The van der Waals surface area contributed by atoms with Crippen LogP contribution in [0.3, 0.4) is 0 Å². The van der Waals surface area contributed by atoms with Crippen LogP contribution in [-0.2, 0) is 4.74 Å². The minimum absolute atomic E-state index is 0.154. The second-order valence-electron chi connectivity index (χ2n) is 5.77. The molecule has 2 N–H and O–H groups in total. The van der Waals surface area contributed by atoms with Crippen LogP contribution in [0.25, 0.3) is 0 Å². The van der Waals surface area contributed by atoms with Gasteiger partial charge in [-0.3, -0.25) is 0 Å². The van der Waals surface area contributed by atoms with Gasteiger partial charge in [-0.15, -0.1) is 0 Å². The Morgan fingerprint density at radius 3 is 2.75 bits per heavy atom. The van der Waals surface area contributed by atoms with Crippen LogP contribution >= 0.6 is 0 Å². The topological polar surface area (TPSA) is 41.5 Å². The Kier molecular flexibility index (Phi) is 3.88. The van der Waals surface area contributed by atoms with Crippen molar-refractivity contribution in [2.45, 2.75) is 63.7 Å². The van der Waals surface area contributed by atoms with Crippen molar-refractivity contribution in [1.82, 2.24) is 5.32 Å². The molecule has 2 fully saturated rings. The molecular weight excluding hydrogens is 202 g/mol.